The van der Waals surface area contributed by atoms with Crippen LogP contribution in [0.2, 0.25) is 0 Å². The Hall–Kier alpha value is -0.0800. The molecule has 0 aliphatic heterocycles. The van der Waals surface area contributed by atoms with Crippen molar-refractivity contribution in [1.29, 1.82) is 0 Å². The summed E-state index contributed by atoms with van der Waals surface area (Å²) in [5.74, 6) is 0.357. The lowest BCUT2D eigenvalue weighted by Crippen LogP contribution is -2.28. The largest absolute Gasteiger partial charge is 0.393 e. The van der Waals surface area contributed by atoms with Gasteiger partial charge in [-0.2, -0.15) is 0 Å². The van der Waals surface area contributed by atoms with Crippen LogP contribution in [0, 0.1) is 5.92 Å². The zero-order chi connectivity index (χ0) is 10.4. The van der Waals surface area contributed by atoms with E-state index in [4.69, 9.17) is 0 Å². The quantitative estimate of drug-likeness (QED) is 0.715. The van der Waals surface area contributed by atoms with E-state index >= 15 is 0 Å². The van der Waals surface area contributed by atoms with Gasteiger partial charge in [-0.05, 0) is 31.6 Å². The smallest absolute Gasteiger partial charge is 0.0569 e. The maximum atomic E-state index is 9.74. The number of aliphatic hydroxyl groups is 2. The first-order chi connectivity index (χ1) is 6.74. The van der Waals surface area contributed by atoms with Crippen LogP contribution in [0.4, 0.5) is 0 Å². The van der Waals surface area contributed by atoms with Crippen molar-refractivity contribution in [1.82, 2.24) is 0 Å². The molecule has 3 atom stereocenters. The van der Waals surface area contributed by atoms with Gasteiger partial charge >= 0.3 is 0 Å². The van der Waals surface area contributed by atoms with E-state index in [9.17, 15) is 10.2 Å². The molecular formula is C12H24O2. The Morgan fingerprint density at radius 3 is 2.64 bits per heavy atom. The number of hydrogen-bond donors (Lipinski definition) is 2. The third-order valence-electron chi connectivity index (χ3n) is 3.33. The number of aliphatic hydroxyl groups excluding tert-OH is 2. The highest BCUT2D eigenvalue weighted by atomic mass is 16.3. The molecule has 0 amide bonds. The molecule has 0 aromatic rings. The molecule has 0 heterocycles. The zero-order valence-corrected chi connectivity index (χ0v) is 9.28. The molecule has 2 nitrogen and oxygen atoms in total. The van der Waals surface area contributed by atoms with Crippen LogP contribution in [-0.4, -0.2) is 22.4 Å². The maximum Gasteiger partial charge on any atom is 0.0569 e. The van der Waals surface area contributed by atoms with Crippen LogP contribution in [0.15, 0.2) is 0 Å². The van der Waals surface area contributed by atoms with Gasteiger partial charge in [0.15, 0.2) is 0 Å². The lowest BCUT2D eigenvalue weighted by Gasteiger charge is -2.29. The van der Waals surface area contributed by atoms with Crippen molar-refractivity contribution >= 4 is 0 Å². The van der Waals surface area contributed by atoms with Crippen LogP contribution < -0.4 is 0 Å². The van der Waals surface area contributed by atoms with Gasteiger partial charge < -0.3 is 10.2 Å². The van der Waals surface area contributed by atoms with E-state index in [-0.39, 0.29) is 12.2 Å². The minimum absolute atomic E-state index is 0.153. The molecule has 0 aromatic carbocycles. The molecule has 2 heteroatoms. The number of unbranched alkanes of at least 4 members (excludes halogenated alkanes) is 1. The second-order valence-electron chi connectivity index (χ2n) is 4.64. The fraction of sp³-hybridized carbons (Fsp3) is 1.00. The second kappa shape index (κ2) is 6.41. The molecule has 1 saturated carbocycles. The van der Waals surface area contributed by atoms with E-state index in [0.29, 0.717) is 5.92 Å². The lowest BCUT2D eigenvalue weighted by molar-refractivity contribution is 0.0311. The van der Waals surface area contributed by atoms with Gasteiger partial charge in [-0.15, -0.1) is 0 Å². The van der Waals surface area contributed by atoms with Crippen molar-refractivity contribution < 1.29 is 10.2 Å². The normalized spacial score (nSPS) is 30.2. The maximum absolute atomic E-state index is 9.74. The standard InChI is InChI=1S/C12H24O2/c1-2-3-7-11(13)9-10-6-4-5-8-12(10)14/h10-14H,2-9H2,1H3/t10-,11?,12-/m1/s1. The van der Waals surface area contributed by atoms with E-state index in [1.165, 1.54) is 6.42 Å². The van der Waals surface area contributed by atoms with Gasteiger partial charge in [0.25, 0.3) is 0 Å². The fourth-order valence-corrected chi connectivity index (χ4v) is 2.37. The van der Waals surface area contributed by atoms with E-state index in [2.05, 4.69) is 6.92 Å². The van der Waals surface area contributed by atoms with Gasteiger partial charge in [0.05, 0.1) is 12.2 Å². The van der Waals surface area contributed by atoms with Crippen molar-refractivity contribution in [2.75, 3.05) is 0 Å². The average molecular weight is 200 g/mol. The summed E-state index contributed by atoms with van der Waals surface area (Å²) >= 11 is 0. The summed E-state index contributed by atoms with van der Waals surface area (Å²) in [6.07, 6.45) is 8.03. The summed E-state index contributed by atoms with van der Waals surface area (Å²) in [5, 5.41) is 19.5. The summed E-state index contributed by atoms with van der Waals surface area (Å²) in [5.41, 5.74) is 0. The molecule has 0 radical (unpaired) electrons. The topological polar surface area (TPSA) is 40.5 Å². The predicted molar refractivity (Wildman–Crippen MR) is 58.1 cm³/mol. The Morgan fingerprint density at radius 2 is 2.00 bits per heavy atom. The Labute approximate surface area is 87.3 Å². The Balaban J connectivity index is 2.20. The molecule has 1 fully saturated rings. The van der Waals surface area contributed by atoms with Crippen LogP contribution >= 0.6 is 0 Å². The Bertz CT molecular complexity index is 147. The highest BCUT2D eigenvalue weighted by Crippen LogP contribution is 2.28. The molecule has 0 spiro atoms. The van der Waals surface area contributed by atoms with Gasteiger partial charge in [-0.1, -0.05) is 32.6 Å². The third-order valence-corrected chi connectivity index (χ3v) is 3.33. The summed E-state index contributed by atoms with van der Waals surface area (Å²) in [7, 11) is 0. The lowest BCUT2D eigenvalue weighted by atomic mass is 9.82. The summed E-state index contributed by atoms with van der Waals surface area (Å²) < 4.78 is 0. The van der Waals surface area contributed by atoms with Crippen molar-refractivity contribution in [3.63, 3.8) is 0 Å². The molecular weight excluding hydrogens is 176 g/mol. The molecule has 1 aliphatic carbocycles. The minimum Gasteiger partial charge on any atom is -0.393 e. The van der Waals surface area contributed by atoms with Gasteiger partial charge in [0.2, 0.25) is 0 Å². The Kier molecular flexibility index (Phi) is 5.49. The minimum atomic E-state index is -0.187. The van der Waals surface area contributed by atoms with E-state index in [0.717, 1.165) is 44.9 Å². The Morgan fingerprint density at radius 1 is 1.29 bits per heavy atom. The molecule has 0 bridgehead atoms. The molecule has 2 N–H and O–H groups in total. The van der Waals surface area contributed by atoms with Crippen molar-refractivity contribution in [3.05, 3.63) is 0 Å². The summed E-state index contributed by atoms with van der Waals surface area (Å²) in [6, 6.07) is 0. The van der Waals surface area contributed by atoms with E-state index in [1.54, 1.807) is 0 Å². The van der Waals surface area contributed by atoms with Gasteiger partial charge in [-0.3, -0.25) is 0 Å². The first kappa shape index (κ1) is 12.0. The summed E-state index contributed by atoms with van der Waals surface area (Å²) in [6.45, 7) is 2.14. The van der Waals surface area contributed by atoms with Crippen molar-refractivity contribution in [3.8, 4) is 0 Å². The molecule has 1 aliphatic rings. The number of rotatable bonds is 5. The SMILES string of the molecule is CCCCC(O)C[C@H]1CCCC[C@H]1O. The van der Waals surface area contributed by atoms with Crippen LogP contribution in [0.25, 0.3) is 0 Å². The highest BCUT2D eigenvalue weighted by molar-refractivity contribution is 4.76. The first-order valence-corrected chi connectivity index (χ1v) is 6.10. The zero-order valence-electron chi connectivity index (χ0n) is 9.28. The average Bonchev–Trinajstić information content (AvgIpc) is 2.18. The molecule has 84 valence electrons. The third kappa shape index (κ3) is 3.97. The van der Waals surface area contributed by atoms with Crippen LogP contribution in [0.1, 0.15) is 58.3 Å². The second-order valence-corrected chi connectivity index (χ2v) is 4.64. The van der Waals surface area contributed by atoms with Gasteiger partial charge in [0.1, 0.15) is 0 Å². The van der Waals surface area contributed by atoms with Gasteiger partial charge in [-0.25, -0.2) is 0 Å². The van der Waals surface area contributed by atoms with Crippen LogP contribution in [0.3, 0.4) is 0 Å². The van der Waals surface area contributed by atoms with Crippen molar-refractivity contribution in [2.45, 2.75) is 70.5 Å². The molecule has 1 unspecified atom stereocenters. The predicted octanol–water partition coefficient (Wildman–Crippen LogP) is 2.48. The van der Waals surface area contributed by atoms with Gasteiger partial charge in [0, 0.05) is 0 Å². The van der Waals surface area contributed by atoms with Crippen molar-refractivity contribution in [2.24, 2.45) is 5.92 Å². The van der Waals surface area contributed by atoms with E-state index < -0.39 is 0 Å². The van der Waals surface area contributed by atoms with Crippen LogP contribution in [0.5, 0.6) is 0 Å². The van der Waals surface area contributed by atoms with E-state index in [1.807, 2.05) is 0 Å². The molecule has 1 rings (SSSR count). The van der Waals surface area contributed by atoms with Crippen LogP contribution in [-0.2, 0) is 0 Å². The first-order valence-electron chi connectivity index (χ1n) is 6.10. The molecule has 14 heavy (non-hydrogen) atoms. The molecule has 0 aromatic heterocycles. The molecule has 0 saturated heterocycles. The highest BCUT2D eigenvalue weighted by Gasteiger charge is 2.24. The summed E-state index contributed by atoms with van der Waals surface area (Å²) in [4.78, 5) is 0. The fourth-order valence-electron chi connectivity index (χ4n) is 2.37. The monoisotopic (exact) mass is 200 g/mol. The number of hydrogen-bond acceptors (Lipinski definition) is 2.